The number of thiazole rings is 1. The Morgan fingerprint density at radius 1 is 1.62 bits per heavy atom. The van der Waals surface area contributed by atoms with Gasteiger partial charge in [-0.05, 0) is 45.3 Å². The molecule has 3 nitrogen and oxygen atoms in total. The van der Waals surface area contributed by atoms with Gasteiger partial charge in [0.2, 0.25) is 0 Å². The summed E-state index contributed by atoms with van der Waals surface area (Å²) in [5.74, 6) is 0.891. The average Bonchev–Trinajstić information content (AvgIpc) is 2.69. The molecule has 16 heavy (non-hydrogen) atoms. The summed E-state index contributed by atoms with van der Waals surface area (Å²) >= 11 is 1.83. The van der Waals surface area contributed by atoms with E-state index in [0.29, 0.717) is 6.04 Å². The third kappa shape index (κ3) is 3.03. The number of nitrogens with zero attached hydrogens (tertiary/aromatic N) is 1. The summed E-state index contributed by atoms with van der Waals surface area (Å²) in [7, 11) is 0. The summed E-state index contributed by atoms with van der Waals surface area (Å²) in [6.07, 6.45) is 4.38. The van der Waals surface area contributed by atoms with E-state index in [9.17, 15) is 0 Å². The molecule has 1 atom stereocenters. The lowest BCUT2D eigenvalue weighted by molar-refractivity contribution is 0.318. The molecule has 0 aromatic carbocycles. The number of rotatable bonds is 6. The van der Waals surface area contributed by atoms with Crippen LogP contribution in [0.15, 0.2) is 6.20 Å². The van der Waals surface area contributed by atoms with E-state index in [-0.39, 0.29) is 0 Å². The molecule has 0 radical (unpaired) electrons. The normalized spacial score (nSPS) is 18.4. The van der Waals surface area contributed by atoms with E-state index in [2.05, 4.69) is 29.5 Å². The molecule has 90 valence electrons. The molecular weight excluding hydrogens is 218 g/mol. The summed E-state index contributed by atoms with van der Waals surface area (Å²) < 4.78 is 0. The van der Waals surface area contributed by atoms with Crippen molar-refractivity contribution in [3.05, 3.63) is 16.1 Å². The Morgan fingerprint density at radius 2 is 2.44 bits per heavy atom. The molecule has 2 rings (SSSR count). The van der Waals surface area contributed by atoms with E-state index in [1.807, 2.05) is 17.5 Å². The third-order valence-electron chi connectivity index (χ3n) is 3.16. The third-order valence-corrected chi connectivity index (χ3v) is 4.48. The molecule has 1 aliphatic rings. The minimum atomic E-state index is 0.401. The van der Waals surface area contributed by atoms with Gasteiger partial charge in [0, 0.05) is 11.1 Å². The zero-order valence-electron chi connectivity index (χ0n) is 10.1. The van der Waals surface area contributed by atoms with Crippen molar-refractivity contribution in [1.82, 2.24) is 15.6 Å². The quantitative estimate of drug-likeness (QED) is 0.797. The van der Waals surface area contributed by atoms with E-state index in [4.69, 9.17) is 0 Å². The van der Waals surface area contributed by atoms with Crippen LogP contribution in [0.5, 0.6) is 0 Å². The fourth-order valence-corrected chi connectivity index (χ4v) is 2.71. The number of aryl methyl sites for hydroxylation is 1. The number of hydrogen-bond acceptors (Lipinski definition) is 4. The van der Waals surface area contributed by atoms with Crippen molar-refractivity contribution in [3.8, 4) is 0 Å². The molecule has 2 heterocycles. The average molecular weight is 239 g/mol. The SMILES string of the molecule is CCc1cnc(C(C)NCCC2CNC2)s1. The van der Waals surface area contributed by atoms with Gasteiger partial charge in [-0.25, -0.2) is 4.98 Å². The Hall–Kier alpha value is -0.450. The topological polar surface area (TPSA) is 37.0 Å². The van der Waals surface area contributed by atoms with Crippen LogP contribution in [0.3, 0.4) is 0 Å². The maximum Gasteiger partial charge on any atom is 0.109 e. The smallest absolute Gasteiger partial charge is 0.109 e. The van der Waals surface area contributed by atoms with Crippen LogP contribution in [0.25, 0.3) is 0 Å². The molecule has 1 saturated heterocycles. The van der Waals surface area contributed by atoms with Crippen molar-refractivity contribution in [3.63, 3.8) is 0 Å². The fourth-order valence-electron chi connectivity index (χ4n) is 1.83. The first kappa shape index (κ1) is 12.0. The second-order valence-corrected chi connectivity index (χ2v) is 5.65. The lowest BCUT2D eigenvalue weighted by atomic mass is 9.99. The van der Waals surface area contributed by atoms with Crippen LogP contribution < -0.4 is 10.6 Å². The van der Waals surface area contributed by atoms with Crippen LogP contribution in [0.2, 0.25) is 0 Å². The van der Waals surface area contributed by atoms with Gasteiger partial charge in [0.15, 0.2) is 0 Å². The lowest BCUT2D eigenvalue weighted by Gasteiger charge is -2.27. The number of aromatic nitrogens is 1. The van der Waals surface area contributed by atoms with Crippen molar-refractivity contribution in [2.24, 2.45) is 5.92 Å². The van der Waals surface area contributed by atoms with Crippen molar-refractivity contribution in [2.75, 3.05) is 19.6 Å². The van der Waals surface area contributed by atoms with Crippen molar-refractivity contribution in [2.45, 2.75) is 32.7 Å². The van der Waals surface area contributed by atoms with E-state index in [1.165, 1.54) is 29.4 Å². The van der Waals surface area contributed by atoms with E-state index < -0.39 is 0 Å². The number of nitrogens with one attached hydrogen (secondary N) is 2. The highest BCUT2D eigenvalue weighted by Crippen LogP contribution is 2.20. The highest BCUT2D eigenvalue weighted by molar-refractivity contribution is 7.11. The van der Waals surface area contributed by atoms with E-state index >= 15 is 0 Å². The maximum atomic E-state index is 4.46. The first-order valence-corrected chi connectivity index (χ1v) is 7.00. The molecule has 1 unspecified atom stereocenters. The minimum Gasteiger partial charge on any atom is -0.316 e. The van der Waals surface area contributed by atoms with Gasteiger partial charge in [0.05, 0.1) is 6.04 Å². The highest BCUT2D eigenvalue weighted by atomic mass is 32.1. The van der Waals surface area contributed by atoms with Gasteiger partial charge in [-0.3, -0.25) is 0 Å². The Balaban J connectivity index is 1.71. The zero-order chi connectivity index (χ0) is 11.4. The van der Waals surface area contributed by atoms with Crippen molar-refractivity contribution < 1.29 is 0 Å². The molecule has 1 aliphatic heterocycles. The highest BCUT2D eigenvalue weighted by Gasteiger charge is 2.16. The molecule has 0 bridgehead atoms. The monoisotopic (exact) mass is 239 g/mol. The molecule has 1 aromatic heterocycles. The summed E-state index contributed by atoms with van der Waals surface area (Å²) in [5, 5.41) is 8.09. The molecule has 0 saturated carbocycles. The van der Waals surface area contributed by atoms with Crippen LogP contribution in [-0.2, 0) is 6.42 Å². The molecule has 1 fully saturated rings. The Kier molecular flexibility index (Phi) is 4.32. The predicted molar refractivity (Wildman–Crippen MR) is 68.9 cm³/mol. The summed E-state index contributed by atoms with van der Waals surface area (Å²) in [6, 6.07) is 0.401. The molecule has 1 aromatic rings. The predicted octanol–water partition coefficient (Wildman–Crippen LogP) is 1.97. The lowest BCUT2D eigenvalue weighted by Crippen LogP contribution is -2.43. The first-order valence-electron chi connectivity index (χ1n) is 6.18. The minimum absolute atomic E-state index is 0.401. The van der Waals surface area contributed by atoms with Crippen molar-refractivity contribution in [1.29, 1.82) is 0 Å². The standard InChI is InChI=1S/C12H21N3S/c1-3-11-8-15-12(16-11)9(2)14-5-4-10-6-13-7-10/h8-10,13-14H,3-7H2,1-2H3. The van der Waals surface area contributed by atoms with Crippen LogP contribution in [0.4, 0.5) is 0 Å². The van der Waals surface area contributed by atoms with Crippen LogP contribution in [0.1, 0.15) is 36.2 Å². The molecule has 0 amide bonds. The Labute approximate surface area is 102 Å². The molecule has 0 aliphatic carbocycles. The molecular formula is C12H21N3S. The van der Waals surface area contributed by atoms with Crippen LogP contribution in [-0.4, -0.2) is 24.6 Å². The molecule has 2 N–H and O–H groups in total. The van der Waals surface area contributed by atoms with Crippen molar-refractivity contribution >= 4 is 11.3 Å². The second-order valence-electron chi connectivity index (χ2n) is 4.51. The van der Waals surface area contributed by atoms with Gasteiger partial charge in [-0.15, -0.1) is 11.3 Å². The first-order chi connectivity index (χ1) is 7.79. The summed E-state index contributed by atoms with van der Waals surface area (Å²) in [6.45, 7) is 7.89. The van der Waals surface area contributed by atoms with Gasteiger partial charge in [-0.1, -0.05) is 6.92 Å². The molecule has 4 heteroatoms. The van der Waals surface area contributed by atoms with Gasteiger partial charge in [0.25, 0.3) is 0 Å². The second kappa shape index (κ2) is 5.75. The van der Waals surface area contributed by atoms with Crippen LogP contribution >= 0.6 is 11.3 Å². The molecule has 0 spiro atoms. The maximum absolute atomic E-state index is 4.46. The Morgan fingerprint density at radius 3 is 3.00 bits per heavy atom. The van der Waals surface area contributed by atoms with Crippen LogP contribution in [0, 0.1) is 5.92 Å². The number of hydrogen-bond donors (Lipinski definition) is 2. The Bertz CT molecular complexity index is 320. The largest absolute Gasteiger partial charge is 0.316 e. The van der Waals surface area contributed by atoms with E-state index in [0.717, 1.165) is 18.9 Å². The van der Waals surface area contributed by atoms with Gasteiger partial charge in [-0.2, -0.15) is 0 Å². The van der Waals surface area contributed by atoms with Gasteiger partial charge >= 0.3 is 0 Å². The van der Waals surface area contributed by atoms with Gasteiger partial charge < -0.3 is 10.6 Å². The van der Waals surface area contributed by atoms with Gasteiger partial charge in [0.1, 0.15) is 5.01 Å². The zero-order valence-corrected chi connectivity index (χ0v) is 10.9. The van der Waals surface area contributed by atoms with E-state index in [1.54, 1.807) is 0 Å². The fraction of sp³-hybridized carbons (Fsp3) is 0.750. The summed E-state index contributed by atoms with van der Waals surface area (Å²) in [5.41, 5.74) is 0. The summed E-state index contributed by atoms with van der Waals surface area (Å²) in [4.78, 5) is 5.84.